The van der Waals surface area contributed by atoms with Crippen molar-refractivity contribution < 1.29 is 21.6 Å². The second-order valence-electron chi connectivity index (χ2n) is 6.18. The van der Waals surface area contributed by atoms with E-state index in [4.69, 9.17) is 0 Å². The number of nitrogens with one attached hydrogen (secondary N) is 2. The van der Waals surface area contributed by atoms with E-state index < -0.39 is 15.5 Å². The fraction of sp³-hybridized carbons (Fsp3) is 0.733. The summed E-state index contributed by atoms with van der Waals surface area (Å²) in [6.07, 6.45) is 6.70. The summed E-state index contributed by atoms with van der Waals surface area (Å²) in [5, 5.41) is 6.28. The number of hydrogen-bond acceptors (Lipinski definition) is 4. The smallest absolute Gasteiger partial charge is 0.357 e. The summed E-state index contributed by atoms with van der Waals surface area (Å²) in [6.45, 7) is 3.60. The minimum atomic E-state index is -5.25. The molecule has 0 radical (unpaired) electrons. The zero-order valence-electron chi connectivity index (χ0n) is 15.1. The Hall–Kier alpha value is -1.82. The molecule has 1 fully saturated rings. The van der Waals surface area contributed by atoms with E-state index in [1.807, 2.05) is 17.7 Å². The fourth-order valence-electron chi connectivity index (χ4n) is 2.76. The van der Waals surface area contributed by atoms with Gasteiger partial charge in [0.15, 0.2) is 5.96 Å². The van der Waals surface area contributed by atoms with Crippen LogP contribution in [0.1, 0.15) is 26.2 Å². The minimum Gasteiger partial charge on any atom is -0.357 e. The summed E-state index contributed by atoms with van der Waals surface area (Å²) in [5.74, 6) is 0.584. The third kappa shape index (κ3) is 6.09. The molecule has 0 amide bonds. The summed E-state index contributed by atoms with van der Waals surface area (Å²) < 4.78 is 63.2. The van der Waals surface area contributed by atoms with Gasteiger partial charge in [0, 0.05) is 51.2 Å². The Morgan fingerprint density at radius 3 is 2.59 bits per heavy atom. The van der Waals surface area contributed by atoms with E-state index in [1.165, 1.54) is 0 Å². The predicted octanol–water partition coefficient (Wildman–Crippen LogP) is 1.14. The van der Waals surface area contributed by atoms with Crippen molar-refractivity contribution >= 4 is 16.0 Å². The molecular weight excluding hydrogens is 385 g/mol. The number of rotatable bonds is 7. The number of piperidine rings is 1. The van der Waals surface area contributed by atoms with Crippen molar-refractivity contribution in [3.8, 4) is 0 Å². The Morgan fingerprint density at radius 2 is 2.04 bits per heavy atom. The van der Waals surface area contributed by atoms with E-state index in [-0.39, 0.29) is 32.0 Å². The summed E-state index contributed by atoms with van der Waals surface area (Å²) >= 11 is 0. The molecule has 0 bridgehead atoms. The lowest BCUT2D eigenvalue weighted by atomic mass is 10.1. The third-order valence-electron chi connectivity index (χ3n) is 4.17. The number of aryl methyl sites for hydroxylation is 1. The van der Waals surface area contributed by atoms with Crippen molar-refractivity contribution in [3.05, 3.63) is 18.7 Å². The normalized spacial score (nSPS) is 17.9. The van der Waals surface area contributed by atoms with Gasteiger partial charge in [-0.1, -0.05) is 0 Å². The molecule has 2 heterocycles. The van der Waals surface area contributed by atoms with Crippen LogP contribution in [0.3, 0.4) is 0 Å². The number of sulfonamides is 1. The Labute approximate surface area is 156 Å². The van der Waals surface area contributed by atoms with Gasteiger partial charge >= 0.3 is 15.5 Å². The second-order valence-corrected chi connectivity index (χ2v) is 8.11. The first kappa shape index (κ1) is 21.5. The number of guanidine groups is 1. The minimum absolute atomic E-state index is 0.129. The maximum Gasteiger partial charge on any atom is 0.511 e. The number of nitrogens with zero attached hydrogens (tertiary/aromatic N) is 4. The van der Waals surface area contributed by atoms with Crippen molar-refractivity contribution in [1.82, 2.24) is 24.5 Å². The Balaban J connectivity index is 1.82. The SMILES string of the molecule is CCNC(=NCCCn1ccnc1)NC1CCN(S(=O)(=O)C(F)(F)F)CC1. The molecule has 1 aliphatic heterocycles. The molecule has 0 spiro atoms. The van der Waals surface area contributed by atoms with E-state index in [0.717, 1.165) is 13.0 Å². The lowest BCUT2D eigenvalue weighted by Crippen LogP contribution is -2.51. The average molecular weight is 410 g/mol. The van der Waals surface area contributed by atoms with Crippen LogP contribution in [0, 0.1) is 0 Å². The second kappa shape index (κ2) is 9.40. The Morgan fingerprint density at radius 1 is 1.33 bits per heavy atom. The number of imidazole rings is 1. The molecule has 1 aromatic heterocycles. The zero-order chi connectivity index (χ0) is 19.9. The molecule has 154 valence electrons. The van der Waals surface area contributed by atoms with Gasteiger partial charge in [0.05, 0.1) is 6.33 Å². The fourth-order valence-corrected chi connectivity index (χ4v) is 3.75. The number of alkyl halides is 3. The zero-order valence-corrected chi connectivity index (χ0v) is 15.9. The van der Waals surface area contributed by atoms with E-state index in [1.54, 1.807) is 12.5 Å². The van der Waals surface area contributed by atoms with E-state index in [0.29, 0.717) is 23.4 Å². The molecule has 8 nitrogen and oxygen atoms in total. The van der Waals surface area contributed by atoms with Crippen LogP contribution in [0.15, 0.2) is 23.7 Å². The third-order valence-corrected chi connectivity index (χ3v) is 5.80. The molecule has 2 rings (SSSR count). The molecule has 0 atom stereocenters. The Bertz CT molecular complexity index is 698. The number of aromatic nitrogens is 2. The molecule has 1 saturated heterocycles. The Kier molecular flexibility index (Phi) is 7.48. The average Bonchev–Trinajstić information content (AvgIpc) is 3.12. The van der Waals surface area contributed by atoms with Gasteiger partial charge < -0.3 is 15.2 Å². The van der Waals surface area contributed by atoms with Crippen molar-refractivity contribution in [2.75, 3.05) is 26.2 Å². The van der Waals surface area contributed by atoms with E-state index >= 15 is 0 Å². The highest BCUT2D eigenvalue weighted by Crippen LogP contribution is 2.28. The summed E-state index contributed by atoms with van der Waals surface area (Å²) in [4.78, 5) is 8.43. The molecule has 0 aliphatic carbocycles. The van der Waals surface area contributed by atoms with E-state index in [2.05, 4.69) is 20.6 Å². The van der Waals surface area contributed by atoms with Gasteiger partial charge in [-0.15, -0.1) is 0 Å². The van der Waals surface area contributed by atoms with Gasteiger partial charge in [0.1, 0.15) is 0 Å². The highest BCUT2D eigenvalue weighted by Gasteiger charge is 2.50. The van der Waals surface area contributed by atoms with Crippen LogP contribution < -0.4 is 10.6 Å². The van der Waals surface area contributed by atoms with Crippen molar-refractivity contribution in [1.29, 1.82) is 0 Å². The largest absolute Gasteiger partial charge is 0.511 e. The summed E-state index contributed by atoms with van der Waals surface area (Å²) in [6, 6.07) is -0.129. The van der Waals surface area contributed by atoms with Crippen LogP contribution >= 0.6 is 0 Å². The van der Waals surface area contributed by atoms with Crippen molar-refractivity contribution in [2.45, 2.75) is 44.3 Å². The van der Waals surface area contributed by atoms with Crippen LogP contribution in [-0.4, -0.2) is 66.0 Å². The highest BCUT2D eigenvalue weighted by atomic mass is 32.2. The van der Waals surface area contributed by atoms with Crippen LogP contribution in [-0.2, 0) is 16.6 Å². The van der Waals surface area contributed by atoms with Crippen molar-refractivity contribution in [3.63, 3.8) is 0 Å². The van der Waals surface area contributed by atoms with Crippen molar-refractivity contribution in [2.24, 2.45) is 4.99 Å². The molecule has 1 aromatic rings. The molecule has 0 aromatic carbocycles. The van der Waals surface area contributed by atoms with Gasteiger partial charge in [-0.25, -0.2) is 13.4 Å². The molecule has 0 saturated carbocycles. The summed E-state index contributed by atoms with van der Waals surface area (Å²) in [5.41, 5.74) is -5.25. The highest BCUT2D eigenvalue weighted by molar-refractivity contribution is 7.90. The van der Waals surface area contributed by atoms with Gasteiger partial charge in [-0.2, -0.15) is 17.5 Å². The first-order chi connectivity index (χ1) is 12.7. The first-order valence-electron chi connectivity index (χ1n) is 8.81. The molecule has 0 unspecified atom stereocenters. The van der Waals surface area contributed by atoms with Crippen LogP contribution in [0.4, 0.5) is 13.2 Å². The summed E-state index contributed by atoms with van der Waals surface area (Å²) in [7, 11) is -5.25. The molecular formula is C15H25F3N6O2S. The molecule has 12 heteroatoms. The van der Waals surface area contributed by atoms with Gasteiger partial charge in [-0.05, 0) is 26.2 Å². The van der Waals surface area contributed by atoms with Crippen LogP contribution in [0.5, 0.6) is 0 Å². The number of halogens is 3. The predicted molar refractivity (Wildman–Crippen MR) is 95.5 cm³/mol. The van der Waals surface area contributed by atoms with Crippen LogP contribution in [0.25, 0.3) is 0 Å². The maximum atomic E-state index is 12.6. The molecule has 27 heavy (non-hydrogen) atoms. The van der Waals surface area contributed by atoms with Crippen LogP contribution in [0.2, 0.25) is 0 Å². The standard InChI is InChI=1S/C15H25F3N6O2S/c1-2-20-14(21-6-3-8-23-11-7-19-12-23)22-13-4-9-24(10-5-13)27(25,26)15(16,17)18/h7,11-13H,2-6,8-10H2,1H3,(H2,20,21,22). The lowest BCUT2D eigenvalue weighted by Gasteiger charge is -2.32. The number of hydrogen-bond donors (Lipinski definition) is 2. The van der Waals surface area contributed by atoms with Gasteiger partial charge in [-0.3, -0.25) is 4.99 Å². The lowest BCUT2D eigenvalue weighted by molar-refractivity contribution is -0.0494. The maximum absolute atomic E-state index is 12.6. The number of aliphatic imine (C=N–C) groups is 1. The van der Waals surface area contributed by atoms with Gasteiger partial charge in [0.2, 0.25) is 0 Å². The topological polar surface area (TPSA) is 91.6 Å². The molecule has 2 N–H and O–H groups in total. The quantitative estimate of drug-likeness (QED) is 0.400. The first-order valence-corrected chi connectivity index (χ1v) is 10.2. The molecule has 1 aliphatic rings. The van der Waals surface area contributed by atoms with Gasteiger partial charge in [0.25, 0.3) is 0 Å². The van der Waals surface area contributed by atoms with E-state index in [9.17, 15) is 21.6 Å². The monoisotopic (exact) mass is 410 g/mol.